The monoisotopic (exact) mass is 121 g/mol. The lowest BCUT2D eigenvalue weighted by Crippen LogP contribution is -2.04. The Morgan fingerprint density at radius 1 is 1.75 bits per heavy atom. The lowest BCUT2D eigenvalue weighted by Gasteiger charge is -1.95. The molecule has 0 unspecified atom stereocenters. The van der Waals surface area contributed by atoms with Crippen LogP contribution in [0.3, 0.4) is 0 Å². The second-order valence-electron chi connectivity index (χ2n) is 0.963. The fourth-order valence-electron chi connectivity index (χ4n) is 0.164. The Hall–Kier alpha value is -0.840. The van der Waals surface area contributed by atoms with Crippen LogP contribution < -0.4 is 0 Å². The maximum absolute atomic E-state index is 9.38. The first-order valence-electron chi connectivity index (χ1n) is 2.12. The van der Waals surface area contributed by atoms with E-state index in [1.807, 2.05) is 0 Å². The number of hydrogen-bond acceptors (Lipinski definition) is 4. The SMILES string of the molecule is CCOCO[N+](=O)[O-]. The zero-order valence-corrected chi connectivity index (χ0v) is 4.49. The molecule has 0 N–H and O–H groups in total. The van der Waals surface area contributed by atoms with Crippen LogP contribution >= 0.6 is 0 Å². The zero-order valence-electron chi connectivity index (χ0n) is 4.49. The Morgan fingerprint density at radius 3 is 2.75 bits per heavy atom. The minimum atomic E-state index is -0.893. The van der Waals surface area contributed by atoms with Gasteiger partial charge >= 0.3 is 0 Å². The lowest BCUT2D eigenvalue weighted by molar-refractivity contribution is -0.767. The van der Waals surface area contributed by atoms with Crippen molar-refractivity contribution in [1.29, 1.82) is 0 Å². The van der Waals surface area contributed by atoms with E-state index in [0.29, 0.717) is 6.61 Å². The van der Waals surface area contributed by atoms with E-state index >= 15 is 0 Å². The van der Waals surface area contributed by atoms with Gasteiger partial charge in [0.2, 0.25) is 0 Å². The molecule has 0 spiro atoms. The molecular formula is C3H7NO4. The van der Waals surface area contributed by atoms with E-state index in [4.69, 9.17) is 0 Å². The number of nitrogens with zero attached hydrogens (tertiary/aromatic N) is 1. The van der Waals surface area contributed by atoms with E-state index < -0.39 is 5.09 Å². The second-order valence-corrected chi connectivity index (χ2v) is 0.963. The second kappa shape index (κ2) is 4.32. The van der Waals surface area contributed by atoms with Crippen molar-refractivity contribution in [3.8, 4) is 0 Å². The predicted molar refractivity (Wildman–Crippen MR) is 24.6 cm³/mol. The summed E-state index contributed by atoms with van der Waals surface area (Å²) in [6.07, 6.45) is 0. The topological polar surface area (TPSA) is 61.6 Å². The fourth-order valence-corrected chi connectivity index (χ4v) is 0.164. The molecule has 0 radical (unpaired) electrons. The highest BCUT2D eigenvalue weighted by Gasteiger charge is 1.89. The average Bonchev–Trinajstić information content (AvgIpc) is 1.66. The van der Waals surface area contributed by atoms with Gasteiger partial charge in [0, 0.05) is 6.61 Å². The van der Waals surface area contributed by atoms with Crippen molar-refractivity contribution < 1.29 is 14.7 Å². The van der Waals surface area contributed by atoms with Crippen molar-refractivity contribution in [1.82, 2.24) is 0 Å². The summed E-state index contributed by atoms with van der Waals surface area (Å²) in [5.41, 5.74) is 0. The van der Waals surface area contributed by atoms with E-state index in [1.165, 1.54) is 0 Å². The highest BCUT2D eigenvalue weighted by Crippen LogP contribution is 1.75. The number of rotatable bonds is 4. The molecule has 0 saturated carbocycles. The van der Waals surface area contributed by atoms with Gasteiger partial charge in [-0.1, -0.05) is 0 Å². The van der Waals surface area contributed by atoms with Gasteiger partial charge in [0.25, 0.3) is 5.09 Å². The molecule has 8 heavy (non-hydrogen) atoms. The van der Waals surface area contributed by atoms with Gasteiger partial charge in [-0.25, -0.2) is 0 Å². The van der Waals surface area contributed by atoms with E-state index in [0.717, 1.165) is 0 Å². The molecule has 0 fully saturated rings. The molecular weight excluding hydrogens is 114 g/mol. The van der Waals surface area contributed by atoms with Gasteiger partial charge in [0.15, 0.2) is 6.79 Å². The molecule has 0 aliphatic rings. The summed E-state index contributed by atoms with van der Waals surface area (Å²) >= 11 is 0. The van der Waals surface area contributed by atoms with Crippen LogP contribution in [0.5, 0.6) is 0 Å². The Bertz CT molecular complexity index is 73.7. The smallest absolute Gasteiger partial charge is 0.296 e. The molecule has 0 aromatic heterocycles. The van der Waals surface area contributed by atoms with E-state index in [1.54, 1.807) is 6.92 Å². The molecule has 48 valence electrons. The molecule has 0 bridgehead atoms. The van der Waals surface area contributed by atoms with Crippen LogP contribution in [0.4, 0.5) is 0 Å². The first-order valence-corrected chi connectivity index (χ1v) is 2.12. The van der Waals surface area contributed by atoms with Gasteiger partial charge in [-0.3, -0.25) is 4.84 Å². The van der Waals surface area contributed by atoms with Crippen molar-refractivity contribution in [3.63, 3.8) is 0 Å². The Balaban J connectivity index is 2.82. The third-order valence-corrected chi connectivity index (χ3v) is 0.446. The molecule has 5 heteroatoms. The first-order chi connectivity index (χ1) is 3.77. The predicted octanol–water partition coefficient (Wildman–Crippen LogP) is 0.189. The normalized spacial score (nSPS) is 8.62. The number of ether oxygens (including phenoxy) is 1. The Morgan fingerprint density at radius 2 is 2.38 bits per heavy atom. The molecule has 0 aliphatic carbocycles. The standard InChI is InChI=1S/C3H7NO4/c1-2-7-3-8-4(5)6/h2-3H2,1H3. The van der Waals surface area contributed by atoms with Gasteiger partial charge in [-0.2, -0.15) is 0 Å². The van der Waals surface area contributed by atoms with Crippen molar-refractivity contribution >= 4 is 0 Å². The fraction of sp³-hybridized carbons (Fsp3) is 1.00. The average molecular weight is 121 g/mol. The summed E-state index contributed by atoms with van der Waals surface area (Å²) in [5.74, 6) is 0. The van der Waals surface area contributed by atoms with Crippen LogP contribution in [0.25, 0.3) is 0 Å². The zero-order chi connectivity index (χ0) is 6.41. The van der Waals surface area contributed by atoms with Crippen LogP contribution in [0.15, 0.2) is 0 Å². The molecule has 0 saturated heterocycles. The van der Waals surface area contributed by atoms with Gasteiger partial charge in [0.1, 0.15) is 0 Å². The quantitative estimate of drug-likeness (QED) is 0.230. The molecule has 0 aromatic carbocycles. The van der Waals surface area contributed by atoms with Crippen LogP contribution in [-0.4, -0.2) is 18.5 Å². The summed E-state index contributed by atoms with van der Waals surface area (Å²) in [7, 11) is 0. The van der Waals surface area contributed by atoms with E-state index in [-0.39, 0.29) is 6.79 Å². The maximum atomic E-state index is 9.38. The Labute approximate surface area is 46.3 Å². The largest absolute Gasteiger partial charge is 0.355 e. The molecule has 5 nitrogen and oxygen atoms in total. The van der Waals surface area contributed by atoms with Gasteiger partial charge in [-0.05, 0) is 6.92 Å². The van der Waals surface area contributed by atoms with Crippen molar-refractivity contribution in [3.05, 3.63) is 10.1 Å². The summed E-state index contributed by atoms with van der Waals surface area (Å²) < 4.78 is 4.48. The molecule has 0 amide bonds. The van der Waals surface area contributed by atoms with Crippen LogP contribution in [0.2, 0.25) is 0 Å². The number of hydrogen-bond donors (Lipinski definition) is 0. The molecule has 0 atom stereocenters. The minimum Gasteiger partial charge on any atom is -0.355 e. The van der Waals surface area contributed by atoms with Crippen LogP contribution in [-0.2, 0) is 9.57 Å². The molecule has 0 rings (SSSR count). The third kappa shape index (κ3) is 5.16. The van der Waals surface area contributed by atoms with E-state index in [2.05, 4.69) is 9.57 Å². The molecule has 0 heterocycles. The maximum Gasteiger partial charge on any atom is 0.296 e. The molecule has 0 aromatic rings. The third-order valence-electron chi connectivity index (χ3n) is 0.446. The van der Waals surface area contributed by atoms with Gasteiger partial charge < -0.3 is 4.74 Å². The summed E-state index contributed by atoms with van der Waals surface area (Å²) in [4.78, 5) is 13.2. The highest BCUT2D eigenvalue weighted by molar-refractivity contribution is 4.01. The van der Waals surface area contributed by atoms with E-state index in [9.17, 15) is 10.1 Å². The lowest BCUT2D eigenvalue weighted by atomic mass is 10.9. The summed E-state index contributed by atoms with van der Waals surface area (Å²) in [6, 6.07) is 0. The van der Waals surface area contributed by atoms with Gasteiger partial charge in [-0.15, -0.1) is 10.1 Å². The van der Waals surface area contributed by atoms with Crippen molar-refractivity contribution in [2.45, 2.75) is 6.92 Å². The van der Waals surface area contributed by atoms with Crippen LogP contribution in [0.1, 0.15) is 6.92 Å². The van der Waals surface area contributed by atoms with Crippen molar-refractivity contribution in [2.75, 3.05) is 13.4 Å². The van der Waals surface area contributed by atoms with Crippen LogP contribution in [0, 0.1) is 10.1 Å². The summed E-state index contributed by atoms with van der Waals surface area (Å²) in [6.45, 7) is 1.88. The van der Waals surface area contributed by atoms with Crippen molar-refractivity contribution in [2.24, 2.45) is 0 Å². The molecule has 0 aliphatic heterocycles. The summed E-state index contributed by atoms with van der Waals surface area (Å²) in [5, 5.41) is 8.48. The highest BCUT2D eigenvalue weighted by atomic mass is 17.0. The minimum absolute atomic E-state index is 0.274. The Kier molecular flexibility index (Phi) is 3.87. The van der Waals surface area contributed by atoms with Gasteiger partial charge in [0.05, 0.1) is 0 Å². The first kappa shape index (κ1) is 7.16.